The number of halogens is 2. The first-order valence-corrected chi connectivity index (χ1v) is 7.29. The van der Waals surface area contributed by atoms with Gasteiger partial charge in [0.25, 0.3) is 5.91 Å². The molecule has 0 bridgehead atoms. The van der Waals surface area contributed by atoms with Crippen molar-refractivity contribution in [2.45, 2.75) is 13.0 Å². The highest BCUT2D eigenvalue weighted by Gasteiger charge is 2.24. The minimum absolute atomic E-state index is 0.211. The van der Waals surface area contributed by atoms with Crippen molar-refractivity contribution >= 4 is 40.8 Å². The second-order valence-corrected chi connectivity index (χ2v) is 5.42. The average molecular weight is 355 g/mol. The molecule has 0 aliphatic heterocycles. The monoisotopic (exact) mass is 354 g/mol. The number of pyridine rings is 1. The molecule has 0 radical (unpaired) electrons. The Bertz CT molecular complexity index is 752. The number of anilines is 1. The summed E-state index contributed by atoms with van der Waals surface area (Å²) in [7, 11) is 0. The molecule has 1 N–H and O–H groups in total. The number of amides is 1. The third-order valence-corrected chi connectivity index (χ3v) is 3.42. The van der Waals surface area contributed by atoms with Crippen LogP contribution in [0.15, 0.2) is 42.6 Å². The van der Waals surface area contributed by atoms with Gasteiger partial charge in [-0.05, 0) is 31.2 Å². The molecule has 1 aromatic carbocycles. The molecule has 120 valence electrons. The number of rotatable bonds is 4. The summed E-state index contributed by atoms with van der Waals surface area (Å²) in [5.41, 5.74) is 0.124. The highest BCUT2D eigenvalue weighted by molar-refractivity contribution is 6.36. The Morgan fingerprint density at radius 2 is 2.00 bits per heavy atom. The van der Waals surface area contributed by atoms with E-state index in [4.69, 9.17) is 27.9 Å². The van der Waals surface area contributed by atoms with Crippen LogP contribution in [0.3, 0.4) is 0 Å². The molecule has 1 atom stereocenters. The van der Waals surface area contributed by atoms with Crippen molar-refractivity contribution in [3.05, 3.63) is 63.5 Å². The van der Waals surface area contributed by atoms with E-state index in [0.717, 1.165) is 6.20 Å². The van der Waals surface area contributed by atoms with Gasteiger partial charge in [0.15, 0.2) is 12.3 Å². The molecule has 1 heterocycles. The fourth-order valence-corrected chi connectivity index (χ4v) is 2.14. The lowest BCUT2D eigenvalue weighted by Crippen LogP contribution is -2.37. The average Bonchev–Trinajstić information content (AvgIpc) is 2.50. The second kappa shape index (κ2) is 7.30. The first kappa shape index (κ1) is 17.1. The number of ether oxygens (including phenoxy) is 1. The molecule has 0 aliphatic carbocycles. The molecule has 0 aliphatic rings. The van der Waals surface area contributed by atoms with Gasteiger partial charge in [-0.1, -0.05) is 23.2 Å². The Morgan fingerprint density at radius 3 is 2.65 bits per heavy atom. The normalized spacial score (nSPS) is 11.6. The smallest absolute Gasteiger partial charge is 0.405 e. The molecule has 0 unspecified atom stereocenters. The highest BCUT2D eigenvalue weighted by Crippen LogP contribution is 2.25. The van der Waals surface area contributed by atoms with Crippen LogP contribution in [0.1, 0.15) is 17.4 Å². The van der Waals surface area contributed by atoms with Gasteiger partial charge in [-0.25, -0.2) is 4.79 Å². The molecule has 1 aromatic heterocycles. The van der Waals surface area contributed by atoms with Crippen molar-refractivity contribution in [3.63, 3.8) is 0 Å². The number of hydrogen-bond donors (Lipinski definition) is 1. The van der Waals surface area contributed by atoms with E-state index >= 15 is 0 Å². The van der Waals surface area contributed by atoms with E-state index in [1.807, 2.05) is 0 Å². The van der Waals surface area contributed by atoms with E-state index in [0.29, 0.717) is 15.4 Å². The number of esters is 1. The van der Waals surface area contributed by atoms with Gasteiger partial charge in [0.05, 0.1) is 10.7 Å². The number of benzene rings is 1. The lowest BCUT2D eigenvalue weighted by molar-refractivity contribution is -0.608. The van der Waals surface area contributed by atoms with E-state index < -0.39 is 18.0 Å². The van der Waals surface area contributed by atoms with Crippen LogP contribution in [-0.4, -0.2) is 18.0 Å². The predicted octanol–water partition coefficient (Wildman–Crippen LogP) is 2.81. The minimum atomic E-state index is -1.12. The largest absolute Gasteiger partial charge is 0.618 e. The molecular formula is C15H12Cl2N2O4. The fourth-order valence-electron chi connectivity index (χ4n) is 1.69. The first-order chi connectivity index (χ1) is 10.9. The zero-order chi connectivity index (χ0) is 17.0. The molecule has 8 heteroatoms. The molecule has 23 heavy (non-hydrogen) atoms. The Balaban J connectivity index is 2.03. The third-order valence-electron chi connectivity index (χ3n) is 2.88. The maximum absolute atomic E-state index is 12.0. The van der Waals surface area contributed by atoms with Crippen molar-refractivity contribution < 1.29 is 19.1 Å². The van der Waals surface area contributed by atoms with Crippen molar-refractivity contribution in [2.24, 2.45) is 0 Å². The fraction of sp³-hybridized carbons (Fsp3) is 0.133. The summed E-state index contributed by atoms with van der Waals surface area (Å²) in [6.45, 7) is 1.38. The molecule has 0 fully saturated rings. The summed E-state index contributed by atoms with van der Waals surface area (Å²) >= 11 is 11.7. The minimum Gasteiger partial charge on any atom is -0.618 e. The number of nitrogens with zero attached hydrogens (tertiary/aromatic N) is 1. The van der Waals surface area contributed by atoms with Crippen molar-refractivity contribution in [2.75, 3.05) is 5.32 Å². The lowest BCUT2D eigenvalue weighted by atomic mass is 10.3. The topological polar surface area (TPSA) is 82.3 Å². The Labute approximate surface area is 142 Å². The van der Waals surface area contributed by atoms with Crippen LogP contribution in [-0.2, 0) is 9.53 Å². The second-order valence-electron chi connectivity index (χ2n) is 4.57. The predicted molar refractivity (Wildman–Crippen MR) is 85.4 cm³/mol. The molecule has 0 spiro atoms. The first-order valence-electron chi connectivity index (χ1n) is 6.53. The van der Waals surface area contributed by atoms with Crippen LogP contribution in [0.5, 0.6) is 0 Å². The van der Waals surface area contributed by atoms with Crippen molar-refractivity contribution in [3.8, 4) is 0 Å². The Hall–Kier alpha value is -2.31. The van der Waals surface area contributed by atoms with Crippen LogP contribution in [0.2, 0.25) is 10.0 Å². The van der Waals surface area contributed by atoms with Gasteiger partial charge in [0.2, 0.25) is 0 Å². The van der Waals surface area contributed by atoms with E-state index in [2.05, 4.69) is 5.32 Å². The van der Waals surface area contributed by atoms with Crippen LogP contribution in [0.4, 0.5) is 5.69 Å². The number of carbonyl (C=O) groups is 2. The maximum atomic E-state index is 12.0. The Morgan fingerprint density at radius 1 is 1.26 bits per heavy atom. The van der Waals surface area contributed by atoms with Crippen molar-refractivity contribution in [1.82, 2.24) is 0 Å². The van der Waals surface area contributed by atoms with Gasteiger partial charge in [-0.2, -0.15) is 4.73 Å². The van der Waals surface area contributed by atoms with Gasteiger partial charge in [-0.3, -0.25) is 4.79 Å². The maximum Gasteiger partial charge on any atom is 0.405 e. The zero-order valence-corrected chi connectivity index (χ0v) is 13.5. The third kappa shape index (κ3) is 4.34. The SMILES string of the molecule is C[C@@H](OC(=O)c1cccc[n+]1[O-])C(=O)Nc1ccc(Cl)cc1Cl. The summed E-state index contributed by atoms with van der Waals surface area (Å²) < 4.78 is 5.34. The van der Waals surface area contributed by atoms with Gasteiger partial charge in [-0.15, -0.1) is 0 Å². The molecule has 0 saturated carbocycles. The van der Waals surface area contributed by atoms with Gasteiger partial charge >= 0.3 is 11.7 Å². The van der Waals surface area contributed by atoms with E-state index in [1.54, 1.807) is 6.07 Å². The number of hydrogen-bond acceptors (Lipinski definition) is 4. The molecule has 2 rings (SSSR count). The molecular weight excluding hydrogens is 343 g/mol. The van der Waals surface area contributed by atoms with E-state index in [-0.39, 0.29) is 10.7 Å². The van der Waals surface area contributed by atoms with Gasteiger partial charge < -0.3 is 15.3 Å². The van der Waals surface area contributed by atoms with Crippen molar-refractivity contribution in [1.29, 1.82) is 0 Å². The van der Waals surface area contributed by atoms with E-state index in [9.17, 15) is 14.8 Å². The van der Waals surface area contributed by atoms with Crippen LogP contribution in [0.25, 0.3) is 0 Å². The number of aromatic nitrogens is 1. The van der Waals surface area contributed by atoms with Crippen LogP contribution >= 0.6 is 23.2 Å². The Kier molecular flexibility index (Phi) is 5.41. The highest BCUT2D eigenvalue weighted by atomic mass is 35.5. The zero-order valence-electron chi connectivity index (χ0n) is 12.0. The van der Waals surface area contributed by atoms with Gasteiger partial charge in [0, 0.05) is 17.2 Å². The lowest BCUT2D eigenvalue weighted by Gasteiger charge is -2.14. The molecule has 6 nitrogen and oxygen atoms in total. The standard InChI is InChI=1S/C15H12Cl2N2O4/c1-9(23-15(21)13-4-2-3-7-19(13)22)14(20)18-12-6-5-10(16)8-11(12)17/h2-9H,1H3,(H,18,20)/t9-/m1/s1. The summed E-state index contributed by atoms with van der Waals surface area (Å²) in [6.07, 6.45) is 0.0453. The van der Waals surface area contributed by atoms with Crippen LogP contribution < -0.4 is 10.0 Å². The molecule has 0 saturated heterocycles. The molecule has 1 amide bonds. The number of carbonyl (C=O) groups excluding carboxylic acids is 2. The molecule has 2 aromatic rings. The summed E-state index contributed by atoms with van der Waals surface area (Å²) in [4.78, 5) is 23.9. The number of nitrogens with one attached hydrogen (secondary N) is 1. The van der Waals surface area contributed by atoms with Crippen LogP contribution in [0, 0.1) is 5.21 Å². The quantitative estimate of drug-likeness (QED) is 0.519. The van der Waals surface area contributed by atoms with Gasteiger partial charge in [0.1, 0.15) is 0 Å². The summed E-state index contributed by atoms with van der Waals surface area (Å²) in [5, 5.41) is 14.7. The summed E-state index contributed by atoms with van der Waals surface area (Å²) in [6, 6.07) is 8.85. The van der Waals surface area contributed by atoms with E-state index in [1.165, 1.54) is 37.3 Å². The summed E-state index contributed by atoms with van der Waals surface area (Å²) in [5.74, 6) is -1.48.